The summed E-state index contributed by atoms with van der Waals surface area (Å²) < 4.78 is 0. The standard InChI is InChI=1S/C34H39N5O3/c1-33(2,3)32(42)39(20-24-9-5-4-8-23(24)19-36-26-10-6-11-26)21-29(40)37-27-14-13-22-17-34(18-25(22)16-27)28-12-7-15-35-30(28)38-31(34)41/h4-5,7-9,12-16,26,36H,6,10-11,17-21H2,1-3H3,(H,37,40)(H,35,38,41). The van der Waals surface area contributed by atoms with Gasteiger partial charge in [-0.25, -0.2) is 4.98 Å². The topological polar surface area (TPSA) is 103 Å². The molecule has 1 saturated carbocycles. The van der Waals surface area contributed by atoms with Gasteiger partial charge in [-0.15, -0.1) is 0 Å². The van der Waals surface area contributed by atoms with Crippen molar-refractivity contribution in [3.8, 4) is 0 Å². The Labute approximate surface area is 247 Å². The van der Waals surface area contributed by atoms with Gasteiger partial charge in [0.1, 0.15) is 12.4 Å². The van der Waals surface area contributed by atoms with Gasteiger partial charge in [0.25, 0.3) is 0 Å². The summed E-state index contributed by atoms with van der Waals surface area (Å²) in [6.07, 6.45) is 6.53. The van der Waals surface area contributed by atoms with Crippen LogP contribution in [0.25, 0.3) is 0 Å². The van der Waals surface area contributed by atoms with Gasteiger partial charge in [0.05, 0.1) is 5.41 Å². The highest BCUT2D eigenvalue weighted by atomic mass is 16.2. The molecule has 0 radical (unpaired) electrons. The van der Waals surface area contributed by atoms with E-state index in [0.717, 1.165) is 34.4 Å². The number of anilines is 2. The predicted molar refractivity (Wildman–Crippen MR) is 163 cm³/mol. The summed E-state index contributed by atoms with van der Waals surface area (Å²) in [7, 11) is 0. The number of fused-ring (bicyclic) bond motifs is 3. The Balaban J connectivity index is 1.16. The number of rotatable bonds is 8. The second kappa shape index (κ2) is 11.0. The van der Waals surface area contributed by atoms with Crippen LogP contribution in [0, 0.1) is 5.41 Å². The van der Waals surface area contributed by atoms with Crippen LogP contribution < -0.4 is 16.0 Å². The fourth-order valence-corrected chi connectivity index (χ4v) is 6.35. The van der Waals surface area contributed by atoms with Crippen molar-refractivity contribution >= 4 is 29.2 Å². The van der Waals surface area contributed by atoms with E-state index in [1.165, 1.54) is 19.3 Å². The first-order valence-electron chi connectivity index (χ1n) is 14.9. The lowest BCUT2D eigenvalue weighted by atomic mass is 9.79. The average Bonchev–Trinajstić information content (AvgIpc) is 3.44. The Morgan fingerprint density at radius 3 is 2.52 bits per heavy atom. The predicted octanol–water partition coefficient (Wildman–Crippen LogP) is 4.73. The van der Waals surface area contributed by atoms with E-state index in [4.69, 9.17) is 0 Å². The molecule has 8 nitrogen and oxygen atoms in total. The van der Waals surface area contributed by atoms with Crippen molar-refractivity contribution in [1.82, 2.24) is 15.2 Å². The van der Waals surface area contributed by atoms with Gasteiger partial charge in [0, 0.05) is 42.0 Å². The van der Waals surface area contributed by atoms with Crippen LogP contribution in [-0.4, -0.2) is 40.2 Å². The van der Waals surface area contributed by atoms with E-state index in [1.54, 1.807) is 11.1 Å². The van der Waals surface area contributed by atoms with E-state index in [9.17, 15) is 14.4 Å². The molecule has 0 bridgehead atoms. The molecule has 2 heterocycles. The second-order valence-corrected chi connectivity index (χ2v) is 13.0. The van der Waals surface area contributed by atoms with Crippen molar-refractivity contribution in [1.29, 1.82) is 0 Å². The summed E-state index contributed by atoms with van der Waals surface area (Å²) in [4.78, 5) is 45.9. The fraction of sp³-hybridized carbons (Fsp3) is 0.412. The quantitative estimate of drug-likeness (QED) is 0.367. The Hall–Kier alpha value is -4.04. The molecule has 1 atom stereocenters. The first kappa shape index (κ1) is 28.1. The van der Waals surface area contributed by atoms with E-state index in [-0.39, 0.29) is 24.3 Å². The lowest BCUT2D eigenvalue weighted by molar-refractivity contribution is -0.142. The molecule has 6 rings (SSSR count). The molecule has 1 aliphatic heterocycles. The Morgan fingerprint density at radius 2 is 1.79 bits per heavy atom. The smallest absolute Gasteiger partial charge is 0.244 e. The number of pyridine rings is 1. The monoisotopic (exact) mass is 565 g/mol. The molecule has 8 heteroatoms. The maximum Gasteiger partial charge on any atom is 0.244 e. The normalized spacial score (nSPS) is 19.2. The zero-order valence-corrected chi connectivity index (χ0v) is 24.6. The number of carbonyl (C=O) groups excluding carboxylic acids is 3. The SMILES string of the molecule is CC(C)(C)C(=O)N(CC(=O)Nc1ccc2c(c1)CC1(C2)C(=O)Nc2ncccc21)Cc1ccccc1CNC1CCC1. The molecule has 1 fully saturated rings. The average molecular weight is 566 g/mol. The number of aromatic nitrogens is 1. The van der Waals surface area contributed by atoms with Crippen LogP contribution >= 0.6 is 0 Å². The van der Waals surface area contributed by atoms with E-state index in [1.807, 2.05) is 69.3 Å². The van der Waals surface area contributed by atoms with E-state index < -0.39 is 10.8 Å². The minimum Gasteiger partial charge on any atom is -0.329 e. The number of nitrogens with zero attached hydrogens (tertiary/aromatic N) is 2. The minimum absolute atomic E-state index is 0.0301. The zero-order valence-electron chi connectivity index (χ0n) is 24.6. The number of hydrogen-bond acceptors (Lipinski definition) is 5. The Kier molecular flexibility index (Phi) is 7.35. The van der Waals surface area contributed by atoms with E-state index in [2.05, 4.69) is 27.0 Å². The van der Waals surface area contributed by atoms with E-state index in [0.29, 0.717) is 36.9 Å². The van der Waals surface area contributed by atoms with Crippen molar-refractivity contribution in [2.24, 2.45) is 5.41 Å². The molecular weight excluding hydrogens is 526 g/mol. The molecule has 3 aliphatic rings. The van der Waals surface area contributed by atoms with Gasteiger partial charge in [0.2, 0.25) is 17.7 Å². The third-order valence-electron chi connectivity index (χ3n) is 8.89. The largest absolute Gasteiger partial charge is 0.329 e. The van der Waals surface area contributed by atoms with Gasteiger partial charge >= 0.3 is 0 Å². The highest BCUT2D eigenvalue weighted by molar-refractivity contribution is 6.06. The zero-order chi connectivity index (χ0) is 29.5. The number of carbonyl (C=O) groups is 3. The molecule has 1 unspecified atom stereocenters. The summed E-state index contributed by atoms with van der Waals surface area (Å²) in [6.45, 7) is 6.71. The van der Waals surface area contributed by atoms with Crippen LogP contribution in [0.1, 0.15) is 67.9 Å². The third kappa shape index (κ3) is 5.43. The molecule has 218 valence electrons. The van der Waals surface area contributed by atoms with Crippen molar-refractivity contribution < 1.29 is 14.4 Å². The molecule has 1 aromatic heterocycles. The van der Waals surface area contributed by atoms with Crippen LogP contribution in [0.4, 0.5) is 11.5 Å². The maximum atomic E-state index is 13.5. The molecule has 42 heavy (non-hydrogen) atoms. The maximum absolute atomic E-state index is 13.5. The Bertz CT molecular complexity index is 1540. The van der Waals surface area contributed by atoms with Crippen LogP contribution in [0.5, 0.6) is 0 Å². The van der Waals surface area contributed by atoms with Crippen molar-refractivity contribution in [2.75, 3.05) is 17.2 Å². The molecule has 2 aromatic carbocycles. The van der Waals surface area contributed by atoms with Gasteiger partial charge < -0.3 is 20.9 Å². The second-order valence-electron chi connectivity index (χ2n) is 13.0. The summed E-state index contributed by atoms with van der Waals surface area (Å²) in [5.74, 6) is 0.277. The van der Waals surface area contributed by atoms with Gasteiger partial charge in [-0.1, -0.05) is 63.6 Å². The summed E-state index contributed by atoms with van der Waals surface area (Å²) in [5, 5.41) is 9.57. The molecule has 1 spiro atoms. The van der Waals surface area contributed by atoms with E-state index >= 15 is 0 Å². The molecule has 3 N–H and O–H groups in total. The molecule has 3 aromatic rings. The van der Waals surface area contributed by atoms with Crippen LogP contribution in [0.3, 0.4) is 0 Å². The number of nitrogens with one attached hydrogen (secondary N) is 3. The number of amides is 3. The van der Waals surface area contributed by atoms with Crippen molar-refractivity contribution in [2.45, 2.75) is 77.4 Å². The summed E-state index contributed by atoms with van der Waals surface area (Å²) in [5.41, 5.74) is 4.62. The number of hydrogen-bond donors (Lipinski definition) is 3. The molecule has 0 saturated heterocycles. The fourth-order valence-electron chi connectivity index (χ4n) is 6.35. The van der Waals surface area contributed by atoms with Gasteiger partial charge in [-0.3, -0.25) is 14.4 Å². The summed E-state index contributed by atoms with van der Waals surface area (Å²) in [6, 6.07) is 18.4. The van der Waals surface area contributed by atoms with Gasteiger partial charge in [-0.2, -0.15) is 0 Å². The van der Waals surface area contributed by atoms with Crippen LogP contribution in [0.15, 0.2) is 60.8 Å². The van der Waals surface area contributed by atoms with Crippen molar-refractivity contribution in [3.05, 3.63) is 88.6 Å². The lowest BCUT2D eigenvalue weighted by Crippen LogP contribution is -2.43. The highest BCUT2D eigenvalue weighted by Crippen LogP contribution is 2.47. The van der Waals surface area contributed by atoms with Gasteiger partial charge in [-0.05, 0) is 66.1 Å². The van der Waals surface area contributed by atoms with Gasteiger partial charge in [0.15, 0.2) is 0 Å². The molecular formula is C34H39N5O3. The molecule has 2 aliphatic carbocycles. The third-order valence-corrected chi connectivity index (χ3v) is 8.89. The lowest BCUT2D eigenvalue weighted by Gasteiger charge is -2.30. The summed E-state index contributed by atoms with van der Waals surface area (Å²) >= 11 is 0. The first-order valence-corrected chi connectivity index (χ1v) is 14.9. The van der Waals surface area contributed by atoms with Crippen LogP contribution in [0.2, 0.25) is 0 Å². The Morgan fingerprint density at radius 1 is 1.02 bits per heavy atom. The first-order chi connectivity index (χ1) is 20.1. The molecule has 3 amide bonds. The van der Waals surface area contributed by atoms with Crippen molar-refractivity contribution in [3.63, 3.8) is 0 Å². The number of benzene rings is 2. The minimum atomic E-state index is -0.661. The van der Waals surface area contributed by atoms with Crippen LogP contribution in [-0.2, 0) is 45.7 Å². The highest BCUT2D eigenvalue weighted by Gasteiger charge is 2.51.